The molecule has 0 N–H and O–H groups in total. The van der Waals surface area contributed by atoms with Gasteiger partial charge in [-0.25, -0.2) is 0 Å². The molecule has 1 heterocycles. The Bertz CT molecular complexity index is 331. The van der Waals surface area contributed by atoms with Crippen molar-refractivity contribution in [2.45, 2.75) is 43.9 Å². The SMILES string of the molecule is CCN1CCN(CCC(=O)N(C)[C@@H]2CC[C@@H](SC)C2)CC1. The van der Waals surface area contributed by atoms with E-state index < -0.39 is 0 Å². The Kier molecular flexibility index (Phi) is 6.83. The van der Waals surface area contributed by atoms with Gasteiger partial charge in [0.05, 0.1) is 0 Å². The summed E-state index contributed by atoms with van der Waals surface area (Å²) in [4.78, 5) is 19.3. The van der Waals surface area contributed by atoms with Gasteiger partial charge in [0.15, 0.2) is 0 Å². The monoisotopic (exact) mass is 313 g/mol. The normalized spacial score (nSPS) is 28.0. The average Bonchev–Trinajstić information content (AvgIpc) is 3.01. The summed E-state index contributed by atoms with van der Waals surface area (Å²) in [6.07, 6.45) is 6.50. The maximum absolute atomic E-state index is 12.4. The van der Waals surface area contributed by atoms with Gasteiger partial charge in [-0.15, -0.1) is 0 Å². The molecule has 0 spiro atoms. The number of likely N-dealkylation sites (N-methyl/N-ethyl adjacent to an activating group) is 1. The topological polar surface area (TPSA) is 26.8 Å². The first-order valence-electron chi connectivity index (χ1n) is 8.37. The lowest BCUT2D eigenvalue weighted by molar-refractivity contribution is -0.132. The maximum Gasteiger partial charge on any atom is 0.223 e. The van der Waals surface area contributed by atoms with E-state index in [4.69, 9.17) is 0 Å². The Labute approximate surface area is 134 Å². The summed E-state index contributed by atoms with van der Waals surface area (Å²) in [6, 6.07) is 0.479. The van der Waals surface area contributed by atoms with Crippen molar-refractivity contribution in [3.05, 3.63) is 0 Å². The largest absolute Gasteiger partial charge is 0.343 e. The van der Waals surface area contributed by atoms with Gasteiger partial charge >= 0.3 is 0 Å². The van der Waals surface area contributed by atoms with E-state index in [-0.39, 0.29) is 0 Å². The van der Waals surface area contributed by atoms with Crippen LogP contribution in [-0.4, -0.2) is 84.5 Å². The van der Waals surface area contributed by atoms with Crippen molar-refractivity contribution < 1.29 is 4.79 Å². The van der Waals surface area contributed by atoms with E-state index in [2.05, 4.69) is 23.0 Å². The van der Waals surface area contributed by atoms with Gasteiger partial charge in [0.1, 0.15) is 0 Å². The fourth-order valence-corrected chi connectivity index (χ4v) is 4.23. The Morgan fingerprint density at radius 2 is 1.86 bits per heavy atom. The van der Waals surface area contributed by atoms with Crippen LogP contribution in [0.4, 0.5) is 0 Å². The van der Waals surface area contributed by atoms with Gasteiger partial charge in [-0.1, -0.05) is 6.92 Å². The smallest absolute Gasteiger partial charge is 0.223 e. The van der Waals surface area contributed by atoms with Crippen LogP contribution in [0.5, 0.6) is 0 Å². The van der Waals surface area contributed by atoms with Crippen LogP contribution in [-0.2, 0) is 4.79 Å². The Morgan fingerprint density at radius 1 is 1.19 bits per heavy atom. The summed E-state index contributed by atoms with van der Waals surface area (Å²) in [5.41, 5.74) is 0. The molecule has 1 aliphatic heterocycles. The molecular formula is C16H31N3OS. The molecular weight excluding hydrogens is 282 g/mol. The second kappa shape index (κ2) is 8.39. The molecule has 1 aliphatic carbocycles. The highest BCUT2D eigenvalue weighted by Gasteiger charge is 2.29. The molecule has 2 aliphatic rings. The first-order chi connectivity index (χ1) is 10.1. The molecule has 4 nitrogen and oxygen atoms in total. The van der Waals surface area contributed by atoms with Crippen molar-refractivity contribution in [3.63, 3.8) is 0 Å². The number of amides is 1. The summed E-state index contributed by atoms with van der Waals surface area (Å²) in [6.45, 7) is 8.83. The highest BCUT2D eigenvalue weighted by atomic mass is 32.2. The molecule has 0 bridgehead atoms. The van der Waals surface area contributed by atoms with Crippen molar-refractivity contribution in [3.8, 4) is 0 Å². The van der Waals surface area contributed by atoms with Crippen LogP contribution >= 0.6 is 11.8 Å². The number of piperazine rings is 1. The summed E-state index contributed by atoms with van der Waals surface area (Å²) in [7, 11) is 2.00. The molecule has 21 heavy (non-hydrogen) atoms. The third-order valence-corrected chi connectivity index (χ3v) is 6.28. The summed E-state index contributed by atoms with van der Waals surface area (Å²) < 4.78 is 0. The minimum absolute atomic E-state index is 0.333. The van der Waals surface area contributed by atoms with Crippen molar-refractivity contribution >= 4 is 17.7 Å². The minimum atomic E-state index is 0.333. The zero-order chi connectivity index (χ0) is 15.2. The molecule has 0 radical (unpaired) electrons. The van der Waals surface area contributed by atoms with E-state index in [1.54, 1.807) is 0 Å². The van der Waals surface area contributed by atoms with E-state index in [1.807, 2.05) is 23.7 Å². The number of hydrogen-bond donors (Lipinski definition) is 0. The molecule has 1 saturated carbocycles. The number of carbonyl (C=O) groups excluding carboxylic acids is 1. The van der Waals surface area contributed by atoms with E-state index >= 15 is 0 Å². The lowest BCUT2D eigenvalue weighted by atomic mass is 10.2. The van der Waals surface area contributed by atoms with Crippen LogP contribution in [0, 0.1) is 0 Å². The minimum Gasteiger partial charge on any atom is -0.343 e. The second-order valence-electron chi connectivity index (χ2n) is 6.36. The zero-order valence-corrected chi connectivity index (χ0v) is 14.7. The van der Waals surface area contributed by atoms with Crippen LogP contribution in [0.15, 0.2) is 0 Å². The average molecular weight is 314 g/mol. The molecule has 5 heteroatoms. The van der Waals surface area contributed by atoms with Crippen LogP contribution < -0.4 is 0 Å². The fraction of sp³-hybridized carbons (Fsp3) is 0.938. The molecule has 1 saturated heterocycles. The molecule has 0 unspecified atom stereocenters. The lowest BCUT2D eigenvalue weighted by Crippen LogP contribution is -2.47. The number of nitrogens with zero attached hydrogens (tertiary/aromatic N) is 3. The van der Waals surface area contributed by atoms with E-state index in [1.165, 1.54) is 19.3 Å². The summed E-state index contributed by atoms with van der Waals surface area (Å²) in [5, 5.41) is 0.757. The highest BCUT2D eigenvalue weighted by molar-refractivity contribution is 7.99. The molecule has 0 aromatic carbocycles. The predicted molar refractivity (Wildman–Crippen MR) is 90.9 cm³/mol. The first-order valence-corrected chi connectivity index (χ1v) is 9.66. The third kappa shape index (κ3) is 4.86. The number of hydrogen-bond acceptors (Lipinski definition) is 4. The molecule has 0 aromatic heterocycles. The summed E-state index contributed by atoms with van der Waals surface area (Å²) >= 11 is 1.95. The van der Waals surface area contributed by atoms with Crippen molar-refractivity contribution in [2.75, 3.05) is 52.6 Å². The van der Waals surface area contributed by atoms with Gasteiger partial charge in [0, 0.05) is 57.5 Å². The molecule has 2 fully saturated rings. The molecule has 2 atom stereocenters. The predicted octanol–water partition coefficient (Wildman–Crippen LogP) is 1.76. The number of carbonyl (C=O) groups is 1. The number of thioether (sulfide) groups is 1. The zero-order valence-electron chi connectivity index (χ0n) is 13.9. The van der Waals surface area contributed by atoms with E-state index in [9.17, 15) is 4.79 Å². The van der Waals surface area contributed by atoms with Crippen LogP contribution in [0.1, 0.15) is 32.6 Å². The van der Waals surface area contributed by atoms with Crippen LogP contribution in [0.3, 0.4) is 0 Å². The van der Waals surface area contributed by atoms with E-state index in [0.717, 1.165) is 44.5 Å². The van der Waals surface area contributed by atoms with E-state index in [0.29, 0.717) is 18.4 Å². The first kappa shape index (κ1) is 17.1. The Hall–Kier alpha value is -0.260. The van der Waals surface area contributed by atoms with Gasteiger partial charge in [0.25, 0.3) is 0 Å². The van der Waals surface area contributed by atoms with Crippen LogP contribution in [0.25, 0.3) is 0 Å². The maximum atomic E-state index is 12.4. The Balaban J connectivity index is 1.67. The lowest BCUT2D eigenvalue weighted by Gasteiger charge is -2.34. The summed E-state index contributed by atoms with van der Waals surface area (Å²) in [5.74, 6) is 0.333. The molecule has 0 aromatic rings. The third-order valence-electron chi connectivity index (χ3n) is 5.19. The molecule has 1 amide bonds. The standard InChI is InChI=1S/C16H31N3OS/c1-4-18-9-11-19(12-10-18)8-7-16(20)17(2)14-5-6-15(13-14)21-3/h14-15H,4-13H2,1-3H3/t14-,15-/m1/s1. The Morgan fingerprint density at radius 3 is 2.43 bits per heavy atom. The highest BCUT2D eigenvalue weighted by Crippen LogP contribution is 2.31. The quantitative estimate of drug-likeness (QED) is 0.746. The fourth-order valence-electron chi connectivity index (χ4n) is 3.45. The molecule has 2 rings (SSSR count). The van der Waals surface area contributed by atoms with Gasteiger partial charge in [-0.05, 0) is 32.1 Å². The molecule has 122 valence electrons. The van der Waals surface area contributed by atoms with Crippen molar-refractivity contribution in [1.29, 1.82) is 0 Å². The number of rotatable bonds is 6. The van der Waals surface area contributed by atoms with Gasteiger partial charge in [-0.3, -0.25) is 4.79 Å². The van der Waals surface area contributed by atoms with Crippen molar-refractivity contribution in [2.24, 2.45) is 0 Å². The van der Waals surface area contributed by atoms with Crippen molar-refractivity contribution in [1.82, 2.24) is 14.7 Å². The van der Waals surface area contributed by atoms with Gasteiger partial charge in [-0.2, -0.15) is 11.8 Å². The van der Waals surface area contributed by atoms with Gasteiger partial charge < -0.3 is 14.7 Å². The van der Waals surface area contributed by atoms with Gasteiger partial charge in [0.2, 0.25) is 5.91 Å². The van der Waals surface area contributed by atoms with Crippen LogP contribution in [0.2, 0.25) is 0 Å². The second-order valence-corrected chi connectivity index (χ2v) is 7.49.